The van der Waals surface area contributed by atoms with Crippen molar-refractivity contribution in [2.24, 2.45) is 0 Å². The van der Waals surface area contributed by atoms with E-state index in [1.807, 2.05) is 24.3 Å². The number of nitrogens with zero attached hydrogens (tertiary/aromatic N) is 1. The fraction of sp³-hybridized carbons (Fsp3) is 0.300. The maximum Gasteiger partial charge on any atom is 0.338 e. The number of hydrogen-bond donors (Lipinski definition) is 1. The number of nitrogens with one attached hydrogen (secondary N) is 1. The molecule has 6 nitrogen and oxygen atoms in total. The Morgan fingerprint density at radius 1 is 1.14 bits per heavy atom. The molecule has 0 aliphatic carbocycles. The third kappa shape index (κ3) is 5.15. The second kappa shape index (κ2) is 9.88. The Bertz CT molecular complexity index is 883. The number of esters is 1. The number of anilines is 2. The molecule has 8 heteroatoms. The van der Waals surface area contributed by atoms with Crippen molar-refractivity contribution in [3.8, 4) is 0 Å². The summed E-state index contributed by atoms with van der Waals surface area (Å²) in [6.07, 6.45) is 0. The molecule has 0 radical (unpaired) electrons. The van der Waals surface area contributed by atoms with E-state index in [2.05, 4.69) is 55.4 Å². The lowest BCUT2D eigenvalue weighted by atomic mass is 10.1. The van der Waals surface area contributed by atoms with E-state index in [1.54, 1.807) is 19.1 Å². The summed E-state index contributed by atoms with van der Waals surface area (Å²) in [6, 6.07) is 11.0. The van der Waals surface area contributed by atoms with Gasteiger partial charge in [-0.25, -0.2) is 4.79 Å². The summed E-state index contributed by atoms with van der Waals surface area (Å²) in [5.74, 6) is -0.617. The molecule has 0 unspecified atom stereocenters. The minimum Gasteiger partial charge on any atom is -0.462 e. The van der Waals surface area contributed by atoms with Crippen molar-refractivity contribution in [2.45, 2.75) is 6.92 Å². The Morgan fingerprint density at radius 3 is 2.61 bits per heavy atom. The first-order valence-corrected chi connectivity index (χ1v) is 11.1. The third-order valence-electron chi connectivity index (χ3n) is 4.28. The number of carbonyl (C=O) groups is 2. The molecule has 1 heterocycles. The molecule has 0 atom stereocenters. The summed E-state index contributed by atoms with van der Waals surface area (Å²) in [7, 11) is 0. The zero-order valence-corrected chi connectivity index (χ0v) is 19.7. The van der Waals surface area contributed by atoms with Crippen molar-refractivity contribution in [3.05, 3.63) is 54.7 Å². The van der Waals surface area contributed by atoms with Crippen molar-refractivity contribution in [1.29, 1.82) is 0 Å². The van der Waals surface area contributed by atoms with Crippen LogP contribution in [0.1, 0.15) is 27.6 Å². The zero-order valence-electron chi connectivity index (χ0n) is 15.3. The molecular weight excluding hydrogens is 586 g/mol. The molecule has 0 aromatic heterocycles. The van der Waals surface area contributed by atoms with Crippen LogP contribution in [-0.2, 0) is 9.47 Å². The van der Waals surface area contributed by atoms with Gasteiger partial charge in [0.25, 0.3) is 5.91 Å². The van der Waals surface area contributed by atoms with E-state index >= 15 is 0 Å². The van der Waals surface area contributed by atoms with Gasteiger partial charge in [0.1, 0.15) is 0 Å². The second-order valence-corrected chi connectivity index (χ2v) is 8.54. The number of amides is 1. The first-order chi connectivity index (χ1) is 13.5. The van der Waals surface area contributed by atoms with Crippen LogP contribution in [0.2, 0.25) is 0 Å². The molecule has 2 aromatic rings. The average Bonchev–Trinajstić information content (AvgIpc) is 2.70. The van der Waals surface area contributed by atoms with E-state index in [9.17, 15) is 9.59 Å². The molecule has 0 saturated carbocycles. The van der Waals surface area contributed by atoms with Crippen molar-refractivity contribution >= 4 is 68.4 Å². The lowest BCUT2D eigenvalue weighted by Crippen LogP contribution is -2.36. The molecule has 0 bridgehead atoms. The molecule has 1 amide bonds. The second-order valence-electron chi connectivity index (χ2n) is 6.13. The number of halogens is 2. The SMILES string of the molecule is CCOC(=O)c1ccc(N2CCOCC2)c(NC(=O)c2cc(I)ccc2I)c1. The number of morpholine rings is 1. The van der Waals surface area contributed by atoms with Crippen LogP contribution in [-0.4, -0.2) is 44.8 Å². The van der Waals surface area contributed by atoms with Crippen LogP contribution >= 0.6 is 45.2 Å². The first-order valence-electron chi connectivity index (χ1n) is 8.90. The molecule has 0 spiro atoms. The van der Waals surface area contributed by atoms with Crippen molar-refractivity contribution in [1.82, 2.24) is 0 Å². The van der Waals surface area contributed by atoms with E-state index in [-0.39, 0.29) is 5.91 Å². The highest BCUT2D eigenvalue weighted by Gasteiger charge is 2.20. The number of rotatable bonds is 5. The summed E-state index contributed by atoms with van der Waals surface area (Å²) in [4.78, 5) is 27.3. The maximum atomic E-state index is 13.0. The van der Waals surface area contributed by atoms with Crippen LogP contribution in [0.3, 0.4) is 0 Å². The smallest absolute Gasteiger partial charge is 0.338 e. The van der Waals surface area contributed by atoms with Gasteiger partial charge in [-0.05, 0) is 88.5 Å². The molecule has 1 aliphatic heterocycles. The van der Waals surface area contributed by atoms with Gasteiger partial charge in [-0.15, -0.1) is 0 Å². The van der Waals surface area contributed by atoms with Gasteiger partial charge in [-0.2, -0.15) is 0 Å². The zero-order chi connectivity index (χ0) is 20.1. The molecule has 1 aliphatic rings. The predicted molar refractivity (Wildman–Crippen MR) is 125 cm³/mol. The van der Waals surface area contributed by atoms with Crippen LogP contribution in [0.25, 0.3) is 0 Å². The Labute approximate surface area is 191 Å². The quantitative estimate of drug-likeness (QED) is 0.410. The molecule has 1 N–H and O–H groups in total. The Hall–Kier alpha value is -1.40. The van der Waals surface area contributed by atoms with Crippen molar-refractivity contribution in [2.75, 3.05) is 43.1 Å². The monoisotopic (exact) mass is 606 g/mol. The fourth-order valence-electron chi connectivity index (χ4n) is 2.92. The highest BCUT2D eigenvalue weighted by atomic mass is 127. The Kier molecular flexibility index (Phi) is 7.52. The molecule has 28 heavy (non-hydrogen) atoms. The molecule has 1 fully saturated rings. The Balaban J connectivity index is 1.95. The summed E-state index contributed by atoms with van der Waals surface area (Å²) >= 11 is 4.33. The molecule has 148 valence electrons. The lowest BCUT2D eigenvalue weighted by Gasteiger charge is -2.30. The van der Waals surface area contributed by atoms with E-state index < -0.39 is 5.97 Å². The van der Waals surface area contributed by atoms with E-state index in [0.717, 1.165) is 25.9 Å². The van der Waals surface area contributed by atoms with Gasteiger partial charge < -0.3 is 19.7 Å². The van der Waals surface area contributed by atoms with Gasteiger partial charge in [-0.1, -0.05) is 0 Å². The van der Waals surface area contributed by atoms with Gasteiger partial charge in [0, 0.05) is 20.2 Å². The summed E-state index contributed by atoms with van der Waals surface area (Å²) in [5.41, 5.74) is 2.46. The van der Waals surface area contributed by atoms with E-state index in [0.29, 0.717) is 36.6 Å². The third-order valence-corrected chi connectivity index (χ3v) is 5.89. The first kappa shape index (κ1) is 21.3. The lowest BCUT2D eigenvalue weighted by molar-refractivity contribution is 0.0526. The molecular formula is C20H20I2N2O4. The van der Waals surface area contributed by atoms with Crippen LogP contribution in [0.5, 0.6) is 0 Å². The number of hydrogen-bond acceptors (Lipinski definition) is 5. The fourth-order valence-corrected chi connectivity index (χ4v) is 3.99. The molecule has 2 aromatic carbocycles. The van der Waals surface area contributed by atoms with Crippen LogP contribution in [0, 0.1) is 7.14 Å². The maximum absolute atomic E-state index is 13.0. The number of benzene rings is 2. The molecule has 1 saturated heterocycles. The van der Waals surface area contributed by atoms with Gasteiger partial charge >= 0.3 is 5.97 Å². The van der Waals surface area contributed by atoms with Gasteiger partial charge in [0.2, 0.25) is 0 Å². The molecule has 3 rings (SSSR count). The van der Waals surface area contributed by atoms with Crippen molar-refractivity contribution in [3.63, 3.8) is 0 Å². The van der Waals surface area contributed by atoms with Crippen LogP contribution in [0.15, 0.2) is 36.4 Å². The normalized spacial score (nSPS) is 13.9. The number of carbonyl (C=O) groups excluding carboxylic acids is 2. The summed E-state index contributed by atoms with van der Waals surface area (Å²) in [6.45, 7) is 4.77. The van der Waals surface area contributed by atoms with Crippen molar-refractivity contribution < 1.29 is 19.1 Å². The average molecular weight is 606 g/mol. The summed E-state index contributed by atoms with van der Waals surface area (Å²) in [5, 5.41) is 2.99. The highest BCUT2D eigenvalue weighted by Crippen LogP contribution is 2.29. The van der Waals surface area contributed by atoms with Gasteiger partial charge in [0.15, 0.2) is 0 Å². The topological polar surface area (TPSA) is 67.9 Å². The minimum atomic E-state index is -0.407. The minimum absolute atomic E-state index is 0.210. The number of ether oxygens (including phenoxy) is 2. The van der Waals surface area contributed by atoms with Crippen LogP contribution in [0.4, 0.5) is 11.4 Å². The van der Waals surface area contributed by atoms with Gasteiger partial charge in [0.05, 0.1) is 42.3 Å². The van der Waals surface area contributed by atoms with Crippen LogP contribution < -0.4 is 10.2 Å². The summed E-state index contributed by atoms with van der Waals surface area (Å²) < 4.78 is 12.4. The predicted octanol–water partition coefficient (Wildman–Crippen LogP) is 4.16. The largest absolute Gasteiger partial charge is 0.462 e. The van der Waals surface area contributed by atoms with E-state index in [1.165, 1.54) is 0 Å². The highest BCUT2D eigenvalue weighted by molar-refractivity contribution is 14.1. The standard InChI is InChI=1S/C20H20I2N2O4/c1-2-28-20(26)13-3-6-18(24-7-9-27-10-8-24)17(11-13)23-19(25)15-12-14(21)4-5-16(15)22/h3-6,11-12H,2,7-10H2,1H3,(H,23,25). The Morgan fingerprint density at radius 2 is 1.89 bits per heavy atom. The van der Waals surface area contributed by atoms with Gasteiger partial charge in [-0.3, -0.25) is 4.79 Å². The van der Waals surface area contributed by atoms with E-state index in [4.69, 9.17) is 9.47 Å².